The number of ether oxygens (including phenoxy) is 1. The lowest BCUT2D eigenvalue weighted by Gasteiger charge is -2.45. The van der Waals surface area contributed by atoms with Crippen molar-refractivity contribution in [3.05, 3.63) is 132 Å². The number of aliphatic imine (C=N–C) groups is 1. The molecule has 41 heavy (non-hydrogen) atoms. The van der Waals surface area contributed by atoms with E-state index in [1.807, 2.05) is 48.5 Å². The molecule has 0 atom stereocenters. The average Bonchev–Trinajstić information content (AvgIpc) is 2.99. The van der Waals surface area contributed by atoms with E-state index in [-0.39, 0.29) is 5.04 Å². The van der Waals surface area contributed by atoms with Crippen molar-refractivity contribution in [3.8, 4) is 22.6 Å². The zero-order valence-electron chi connectivity index (χ0n) is 24.4. The first kappa shape index (κ1) is 28.1. The van der Waals surface area contributed by atoms with Gasteiger partial charge in [0.05, 0.1) is 12.8 Å². The average molecular weight is 556 g/mol. The molecule has 0 amide bonds. The van der Waals surface area contributed by atoms with Crippen LogP contribution in [0.3, 0.4) is 0 Å². The smallest absolute Gasteiger partial charge is 0.158 e. The largest absolute Gasteiger partial charge is 0.507 e. The fraction of sp³-hybridized carbons (Fsp3) is 0.162. The minimum absolute atomic E-state index is 0.147. The standard InChI is InChI=1S/C37H37NO2Si/c1-27-24-28(26-38-33-22-14-12-20-31(33)32-21-13-15-23-34(32)40-5)36(39)35(25-27)41(37(2,3)4,29-16-8-6-9-17-29)30-18-10-7-11-19-30/h6-26,39H,1-5H3. The number of benzene rings is 5. The molecule has 5 aromatic rings. The summed E-state index contributed by atoms with van der Waals surface area (Å²) in [5, 5.41) is 15.5. The predicted molar refractivity (Wildman–Crippen MR) is 176 cm³/mol. The van der Waals surface area contributed by atoms with Crippen LogP contribution in [0, 0.1) is 6.92 Å². The van der Waals surface area contributed by atoms with Crippen molar-refractivity contribution >= 4 is 35.5 Å². The van der Waals surface area contributed by atoms with Crippen molar-refractivity contribution in [1.29, 1.82) is 0 Å². The van der Waals surface area contributed by atoms with Crippen molar-refractivity contribution in [1.82, 2.24) is 0 Å². The highest BCUT2D eigenvalue weighted by molar-refractivity contribution is 7.13. The number of rotatable bonds is 7. The third-order valence-electron chi connectivity index (χ3n) is 7.87. The van der Waals surface area contributed by atoms with Gasteiger partial charge in [-0.2, -0.15) is 0 Å². The van der Waals surface area contributed by atoms with Gasteiger partial charge in [-0.25, -0.2) is 0 Å². The molecule has 0 fully saturated rings. The zero-order chi connectivity index (χ0) is 29.0. The summed E-state index contributed by atoms with van der Waals surface area (Å²) >= 11 is 0. The van der Waals surface area contributed by atoms with E-state index < -0.39 is 8.07 Å². The van der Waals surface area contributed by atoms with Crippen LogP contribution in [0.25, 0.3) is 11.1 Å². The quantitative estimate of drug-likeness (QED) is 0.129. The van der Waals surface area contributed by atoms with Gasteiger partial charge in [-0.15, -0.1) is 0 Å². The summed E-state index contributed by atoms with van der Waals surface area (Å²) in [7, 11) is -1.06. The molecule has 0 heterocycles. The van der Waals surface area contributed by atoms with Crippen LogP contribution in [0.15, 0.2) is 126 Å². The molecule has 0 aliphatic rings. The molecule has 206 valence electrons. The number of nitrogens with zero attached hydrogens (tertiary/aromatic N) is 1. The Bertz CT molecular complexity index is 1630. The van der Waals surface area contributed by atoms with E-state index in [9.17, 15) is 5.11 Å². The second-order valence-electron chi connectivity index (χ2n) is 11.5. The summed E-state index contributed by atoms with van der Waals surface area (Å²) in [6.07, 6.45) is 1.80. The summed E-state index contributed by atoms with van der Waals surface area (Å²) < 4.78 is 5.63. The summed E-state index contributed by atoms with van der Waals surface area (Å²) in [6.45, 7) is 9.01. The van der Waals surface area contributed by atoms with Gasteiger partial charge in [-0.3, -0.25) is 4.99 Å². The van der Waals surface area contributed by atoms with Crippen LogP contribution >= 0.6 is 0 Å². The Morgan fingerprint density at radius 3 is 1.83 bits per heavy atom. The second kappa shape index (κ2) is 11.6. The normalized spacial score (nSPS) is 12.0. The van der Waals surface area contributed by atoms with Gasteiger partial charge in [0.15, 0.2) is 8.07 Å². The topological polar surface area (TPSA) is 41.8 Å². The van der Waals surface area contributed by atoms with E-state index in [2.05, 4.69) is 100 Å². The fourth-order valence-corrected chi connectivity index (χ4v) is 12.0. The maximum absolute atomic E-state index is 12.1. The maximum Gasteiger partial charge on any atom is 0.158 e. The third kappa shape index (κ3) is 5.23. The molecule has 5 aromatic carbocycles. The van der Waals surface area contributed by atoms with Crippen molar-refractivity contribution in [2.24, 2.45) is 4.99 Å². The third-order valence-corrected chi connectivity index (χ3v) is 13.7. The minimum atomic E-state index is -2.75. The van der Waals surface area contributed by atoms with Crippen molar-refractivity contribution < 1.29 is 9.84 Å². The fourth-order valence-electron chi connectivity index (χ4n) is 6.14. The molecule has 0 spiro atoms. The van der Waals surface area contributed by atoms with Crippen LogP contribution in [0.4, 0.5) is 5.69 Å². The van der Waals surface area contributed by atoms with Gasteiger partial charge in [0, 0.05) is 22.9 Å². The Morgan fingerprint density at radius 1 is 0.707 bits per heavy atom. The molecule has 3 nitrogen and oxygen atoms in total. The number of aryl methyl sites for hydroxylation is 1. The van der Waals surface area contributed by atoms with Crippen LogP contribution in [0.1, 0.15) is 31.9 Å². The van der Waals surface area contributed by atoms with E-state index in [0.29, 0.717) is 11.3 Å². The number of methoxy groups -OCH3 is 1. The van der Waals surface area contributed by atoms with Gasteiger partial charge in [0.25, 0.3) is 0 Å². The molecule has 0 aliphatic carbocycles. The Morgan fingerprint density at radius 2 is 1.24 bits per heavy atom. The Labute approximate surface area is 244 Å². The number of para-hydroxylation sites is 2. The Kier molecular flexibility index (Phi) is 7.96. The molecule has 5 rings (SSSR count). The highest BCUT2D eigenvalue weighted by atomic mass is 28.3. The van der Waals surface area contributed by atoms with Crippen molar-refractivity contribution in [2.75, 3.05) is 7.11 Å². The van der Waals surface area contributed by atoms with Gasteiger partial charge in [0.1, 0.15) is 11.5 Å². The maximum atomic E-state index is 12.1. The highest BCUT2D eigenvalue weighted by Crippen LogP contribution is 2.39. The molecule has 0 aliphatic heterocycles. The molecular formula is C37H37NO2Si. The number of phenols is 1. The van der Waals surface area contributed by atoms with E-state index >= 15 is 0 Å². The SMILES string of the molecule is COc1ccccc1-c1ccccc1N=Cc1cc(C)cc([Si](c2ccccc2)(c2ccccc2)C(C)(C)C)c1O. The number of hydrogen-bond acceptors (Lipinski definition) is 3. The Hall–Kier alpha value is -4.41. The van der Waals surface area contributed by atoms with E-state index in [1.165, 1.54) is 10.4 Å². The van der Waals surface area contributed by atoms with Crippen LogP contribution in [0.5, 0.6) is 11.5 Å². The second-order valence-corrected chi connectivity index (χ2v) is 16.2. The highest BCUT2D eigenvalue weighted by Gasteiger charge is 2.50. The molecule has 0 aromatic heterocycles. The van der Waals surface area contributed by atoms with E-state index in [1.54, 1.807) is 13.3 Å². The number of aromatic hydroxyl groups is 1. The van der Waals surface area contributed by atoms with Gasteiger partial charge in [-0.05, 0) is 45.7 Å². The van der Waals surface area contributed by atoms with Crippen molar-refractivity contribution in [2.45, 2.75) is 32.7 Å². The monoisotopic (exact) mass is 555 g/mol. The first-order valence-corrected chi connectivity index (χ1v) is 16.0. The van der Waals surface area contributed by atoms with Crippen LogP contribution in [-0.4, -0.2) is 26.5 Å². The van der Waals surface area contributed by atoms with Crippen molar-refractivity contribution in [3.63, 3.8) is 0 Å². The molecule has 0 saturated heterocycles. The molecular weight excluding hydrogens is 518 g/mol. The number of hydrogen-bond donors (Lipinski definition) is 1. The van der Waals surface area contributed by atoms with Gasteiger partial charge in [-0.1, -0.05) is 129 Å². The summed E-state index contributed by atoms with van der Waals surface area (Å²) in [5.41, 5.74) is 4.56. The molecule has 4 heteroatoms. The lowest BCUT2D eigenvalue weighted by molar-refractivity contribution is 0.416. The summed E-state index contributed by atoms with van der Waals surface area (Å²) in [6, 6.07) is 41.6. The minimum Gasteiger partial charge on any atom is -0.507 e. The van der Waals surface area contributed by atoms with Gasteiger partial charge < -0.3 is 9.84 Å². The first-order chi connectivity index (χ1) is 19.8. The molecule has 0 saturated carbocycles. The lowest BCUT2D eigenvalue weighted by Crippen LogP contribution is -2.72. The first-order valence-electron chi connectivity index (χ1n) is 14.0. The molecule has 0 radical (unpaired) electrons. The predicted octanol–water partition coefficient (Wildman–Crippen LogP) is 7.40. The number of phenolic OH excluding ortho intramolecular Hbond substituents is 1. The summed E-state index contributed by atoms with van der Waals surface area (Å²) in [5.74, 6) is 1.09. The van der Waals surface area contributed by atoms with E-state index in [0.717, 1.165) is 33.3 Å². The molecule has 0 unspecified atom stereocenters. The van der Waals surface area contributed by atoms with Crippen LogP contribution in [0.2, 0.25) is 5.04 Å². The van der Waals surface area contributed by atoms with Gasteiger partial charge >= 0.3 is 0 Å². The lowest BCUT2D eigenvalue weighted by atomic mass is 10.0. The summed E-state index contributed by atoms with van der Waals surface area (Å²) in [4.78, 5) is 4.94. The van der Waals surface area contributed by atoms with E-state index in [4.69, 9.17) is 9.73 Å². The Balaban J connectivity index is 1.72. The molecule has 1 N–H and O–H groups in total. The van der Waals surface area contributed by atoms with Crippen LogP contribution < -0.4 is 20.3 Å². The van der Waals surface area contributed by atoms with Crippen LogP contribution in [-0.2, 0) is 0 Å². The zero-order valence-corrected chi connectivity index (χ0v) is 25.4. The van der Waals surface area contributed by atoms with Gasteiger partial charge in [0.2, 0.25) is 0 Å². The molecule has 0 bridgehead atoms.